The highest BCUT2D eigenvalue weighted by molar-refractivity contribution is 8.19. The van der Waals surface area contributed by atoms with Crippen LogP contribution in [0.3, 0.4) is 0 Å². The number of esters is 1. The molecule has 3 saturated heterocycles. The molecule has 4 fully saturated rings. The molecule has 0 aromatic carbocycles. The fourth-order valence-corrected chi connectivity index (χ4v) is 13.5. The molecule has 1 N–H and O–H groups in total. The van der Waals surface area contributed by atoms with E-state index in [0.717, 1.165) is 60.2 Å². The van der Waals surface area contributed by atoms with Crippen molar-refractivity contribution in [2.24, 2.45) is 23.7 Å². The van der Waals surface area contributed by atoms with E-state index in [1.807, 2.05) is 29.6 Å². The van der Waals surface area contributed by atoms with Crippen LogP contribution in [-0.4, -0.2) is 59.4 Å². The summed E-state index contributed by atoms with van der Waals surface area (Å²) < 4.78 is 20.0. The molecule has 0 aromatic rings. The van der Waals surface area contributed by atoms with Crippen molar-refractivity contribution in [3.8, 4) is 0 Å². The van der Waals surface area contributed by atoms with Gasteiger partial charge in [0.1, 0.15) is 11.7 Å². The van der Waals surface area contributed by atoms with Gasteiger partial charge in [0.2, 0.25) is 0 Å². The fraction of sp³-hybridized carbons (Fsp3) is 0.821. The number of ether oxygens (including phenoxy) is 2. The van der Waals surface area contributed by atoms with Crippen molar-refractivity contribution < 1.29 is 23.8 Å². The Morgan fingerprint density at radius 3 is 2.42 bits per heavy atom. The van der Waals surface area contributed by atoms with Crippen LogP contribution in [0.5, 0.6) is 0 Å². The number of thioether (sulfide) groups is 2. The van der Waals surface area contributed by atoms with E-state index in [0.29, 0.717) is 0 Å². The highest BCUT2D eigenvalue weighted by atomic mass is 32.2. The molecule has 1 aliphatic carbocycles. The second kappa shape index (κ2) is 11.0. The Hall–Kier alpha value is -0.413. The molecule has 0 aromatic heterocycles. The van der Waals surface area contributed by atoms with Crippen LogP contribution in [0.15, 0.2) is 24.0 Å². The molecule has 1 saturated carbocycles. The predicted molar refractivity (Wildman–Crippen MR) is 153 cm³/mol. The highest BCUT2D eigenvalue weighted by Gasteiger charge is 2.69. The van der Waals surface area contributed by atoms with Crippen LogP contribution in [-0.2, 0) is 18.7 Å². The van der Waals surface area contributed by atoms with E-state index in [1.165, 1.54) is 0 Å². The van der Waals surface area contributed by atoms with E-state index in [1.54, 1.807) is 0 Å². The number of carbonyl (C=O) groups is 1. The number of hydrogen-bond acceptors (Lipinski definition) is 7. The molecule has 1 spiro atoms. The molecule has 36 heavy (non-hydrogen) atoms. The van der Waals surface area contributed by atoms with Crippen molar-refractivity contribution in [1.82, 2.24) is 0 Å². The first-order chi connectivity index (χ1) is 17.2. The number of rotatable bonds is 11. The Labute approximate surface area is 227 Å². The van der Waals surface area contributed by atoms with Gasteiger partial charge in [0, 0.05) is 13.0 Å². The first-order valence-corrected chi connectivity index (χ1v) is 18.5. The minimum absolute atomic E-state index is 0.104. The molecule has 4 heterocycles. The van der Waals surface area contributed by atoms with Gasteiger partial charge in [-0.2, -0.15) is 0 Å². The number of fused-ring (bicyclic) bond motifs is 2. The maximum absolute atomic E-state index is 13.9. The summed E-state index contributed by atoms with van der Waals surface area (Å²) in [7, 11) is -1.92. The third kappa shape index (κ3) is 4.44. The topological polar surface area (TPSA) is 65.0 Å². The lowest BCUT2D eigenvalue weighted by Crippen LogP contribution is -2.66. The van der Waals surface area contributed by atoms with Crippen LogP contribution in [0, 0.1) is 23.7 Å². The molecule has 5 rings (SSSR count). The Morgan fingerprint density at radius 1 is 1.22 bits per heavy atom. The van der Waals surface area contributed by atoms with Gasteiger partial charge >= 0.3 is 5.97 Å². The quantitative estimate of drug-likeness (QED) is 0.180. The largest absolute Gasteiger partial charge is 0.487 e. The first kappa shape index (κ1) is 28.6. The zero-order valence-electron chi connectivity index (χ0n) is 23.0. The predicted octanol–water partition coefficient (Wildman–Crippen LogP) is 6.39. The number of aliphatic hydroxyl groups is 1. The van der Waals surface area contributed by atoms with Gasteiger partial charge in [0.25, 0.3) is 0 Å². The first-order valence-electron chi connectivity index (χ1n) is 14.0. The number of aliphatic hydroxyl groups excluding tert-OH is 1. The monoisotopic (exact) mass is 554 g/mol. The lowest BCUT2D eigenvalue weighted by atomic mass is 9.64. The molecule has 5 aliphatic rings. The van der Waals surface area contributed by atoms with Gasteiger partial charge in [-0.3, -0.25) is 0 Å². The van der Waals surface area contributed by atoms with Gasteiger partial charge in [0.15, 0.2) is 19.7 Å². The number of carbonyl (C=O) groups excluding carboxylic acids is 1. The maximum Gasteiger partial charge on any atom is 0.340 e. The summed E-state index contributed by atoms with van der Waals surface area (Å²) in [5.74, 6) is 3.05. The Kier molecular flexibility index (Phi) is 8.73. The van der Waals surface area contributed by atoms with Crippen molar-refractivity contribution in [3.05, 3.63) is 24.0 Å². The molecule has 5 nitrogen and oxygen atoms in total. The van der Waals surface area contributed by atoms with Crippen molar-refractivity contribution in [2.45, 2.75) is 101 Å². The highest BCUT2D eigenvalue weighted by Crippen LogP contribution is 2.63. The van der Waals surface area contributed by atoms with Crippen LogP contribution in [0.4, 0.5) is 0 Å². The third-order valence-electron chi connectivity index (χ3n) is 9.31. The van der Waals surface area contributed by atoms with Crippen molar-refractivity contribution in [2.75, 3.05) is 18.1 Å². The Balaban J connectivity index is 1.80. The van der Waals surface area contributed by atoms with E-state index < -0.39 is 18.0 Å². The van der Waals surface area contributed by atoms with E-state index in [-0.39, 0.29) is 48.5 Å². The standard InChI is InChI=1S/C28H46O5S2Si/c1-8-21-24(33-36(9-2,10-3)11-4)23-19(6)16-27(21)25(31-23)22(26(30)32-27)28(34-13-12-14-35-28)20(7)15-18(5)17-29/h8,18-21,23-24,29H,1,9-17H2,2-7H3/t18-,19+,20+,21+,23+,24+,27+/m0/s1. The lowest BCUT2D eigenvalue weighted by Gasteiger charge is -2.57. The SMILES string of the molecule is C=C[C@@H]1[C@@H](O[Si](CC)(CC)CC)[C@@H]2OC3=C(C4([C@H](C)C[C@H](C)CO)SCCCS4)C(=O)O[C@@]31C[C@H]2C. The van der Waals surface area contributed by atoms with Crippen LogP contribution in [0.2, 0.25) is 18.1 Å². The average molecular weight is 555 g/mol. The second-order valence-corrected chi connectivity index (χ2v) is 19.1. The van der Waals surface area contributed by atoms with Crippen molar-refractivity contribution in [1.29, 1.82) is 0 Å². The molecular weight excluding hydrogens is 509 g/mol. The van der Waals surface area contributed by atoms with Crippen molar-refractivity contribution >= 4 is 37.8 Å². The maximum atomic E-state index is 13.9. The Morgan fingerprint density at radius 2 is 1.86 bits per heavy atom. The van der Waals surface area contributed by atoms with E-state index in [2.05, 4.69) is 48.1 Å². The molecular formula is C28H46O5S2Si. The van der Waals surface area contributed by atoms with Gasteiger partial charge < -0.3 is 19.0 Å². The molecule has 2 bridgehead atoms. The smallest absolute Gasteiger partial charge is 0.340 e. The van der Waals surface area contributed by atoms with Gasteiger partial charge in [-0.05, 0) is 60.2 Å². The average Bonchev–Trinajstić information content (AvgIpc) is 3.18. The minimum Gasteiger partial charge on any atom is -0.487 e. The van der Waals surface area contributed by atoms with Crippen LogP contribution < -0.4 is 0 Å². The fourth-order valence-electron chi connectivity index (χ4n) is 7.03. The van der Waals surface area contributed by atoms with Crippen LogP contribution >= 0.6 is 23.5 Å². The van der Waals surface area contributed by atoms with E-state index in [4.69, 9.17) is 13.9 Å². The van der Waals surface area contributed by atoms with Gasteiger partial charge in [-0.1, -0.05) is 47.6 Å². The minimum atomic E-state index is -1.92. The van der Waals surface area contributed by atoms with E-state index in [9.17, 15) is 9.90 Å². The molecule has 0 radical (unpaired) electrons. The zero-order chi connectivity index (χ0) is 26.3. The van der Waals surface area contributed by atoms with E-state index >= 15 is 0 Å². The molecule has 4 aliphatic heterocycles. The second-order valence-electron chi connectivity index (χ2n) is 11.5. The van der Waals surface area contributed by atoms with Crippen LogP contribution in [0.25, 0.3) is 0 Å². The molecule has 8 heteroatoms. The normalized spacial score (nSPS) is 35.1. The van der Waals surface area contributed by atoms with Gasteiger partial charge in [-0.15, -0.1) is 30.1 Å². The molecule has 0 amide bonds. The third-order valence-corrected chi connectivity index (χ3v) is 17.7. The molecule has 204 valence electrons. The van der Waals surface area contributed by atoms with Crippen LogP contribution in [0.1, 0.15) is 60.8 Å². The number of hydrogen-bond donors (Lipinski definition) is 1. The zero-order valence-corrected chi connectivity index (χ0v) is 25.6. The van der Waals surface area contributed by atoms with Gasteiger partial charge in [-0.25, -0.2) is 4.79 Å². The van der Waals surface area contributed by atoms with Gasteiger partial charge in [0.05, 0.1) is 16.1 Å². The summed E-state index contributed by atoms with van der Waals surface area (Å²) in [6.07, 6.45) is 4.47. The summed E-state index contributed by atoms with van der Waals surface area (Å²) in [5.41, 5.74) is -0.0852. The molecule has 0 unspecified atom stereocenters. The van der Waals surface area contributed by atoms with Crippen molar-refractivity contribution in [3.63, 3.8) is 0 Å². The summed E-state index contributed by atoms with van der Waals surface area (Å²) in [5, 5.41) is 9.77. The molecule has 7 atom stereocenters. The summed E-state index contributed by atoms with van der Waals surface area (Å²) in [6, 6.07) is 3.21. The summed E-state index contributed by atoms with van der Waals surface area (Å²) in [4.78, 5) is 13.9. The summed E-state index contributed by atoms with van der Waals surface area (Å²) >= 11 is 3.75. The summed E-state index contributed by atoms with van der Waals surface area (Å²) in [6.45, 7) is 17.7. The Bertz CT molecular complexity index is 860. The lowest BCUT2D eigenvalue weighted by molar-refractivity contribution is -0.217.